The van der Waals surface area contributed by atoms with E-state index in [9.17, 15) is 9.90 Å². The van der Waals surface area contributed by atoms with Gasteiger partial charge in [-0.05, 0) is 55.3 Å². The minimum atomic E-state index is -0.954. The Hall–Kier alpha value is -3.34. The summed E-state index contributed by atoms with van der Waals surface area (Å²) >= 11 is 0. The highest BCUT2D eigenvalue weighted by atomic mass is 16.5. The minimum absolute atomic E-state index is 0.253. The van der Waals surface area contributed by atoms with E-state index in [0.29, 0.717) is 12.3 Å². The number of hydrogen-bond acceptors (Lipinski definition) is 4. The molecule has 0 aliphatic heterocycles. The maximum atomic E-state index is 11.5. The van der Waals surface area contributed by atoms with Gasteiger partial charge >= 0.3 is 5.97 Å². The van der Waals surface area contributed by atoms with Gasteiger partial charge in [0.1, 0.15) is 5.75 Å². The number of aromatic nitrogens is 1. The average Bonchev–Trinajstić information content (AvgIpc) is 2.69. The fourth-order valence-corrected chi connectivity index (χ4v) is 2.80. The highest BCUT2D eigenvalue weighted by Gasteiger charge is 2.11. The van der Waals surface area contributed by atoms with Gasteiger partial charge in [0.25, 0.3) is 0 Å². The lowest BCUT2D eigenvalue weighted by molar-refractivity contribution is 0.0698. The Labute approximate surface area is 158 Å². The lowest BCUT2D eigenvalue weighted by Gasteiger charge is -2.11. The molecule has 0 bridgehead atoms. The van der Waals surface area contributed by atoms with Crippen LogP contribution in [0, 0.1) is 0 Å². The van der Waals surface area contributed by atoms with Crippen LogP contribution in [0.5, 0.6) is 5.75 Å². The first-order chi connectivity index (χ1) is 13.1. The third-order valence-corrected chi connectivity index (χ3v) is 4.21. The van der Waals surface area contributed by atoms with Crippen molar-refractivity contribution in [3.05, 3.63) is 71.9 Å². The largest absolute Gasteiger partial charge is 0.494 e. The number of hydrogen-bond donors (Lipinski definition) is 2. The summed E-state index contributed by atoms with van der Waals surface area (Å²) in [5.74, 6) is -0.147. The number of nitrogens with one attached hydrogen (secondary N) is 1. The third-order valence-electron chi connectivity index (χ3n) is 4.21. The van der Waals surface area contributed by atoms with Crippen LogP contribution in [0.1, 0.15) is 29.8 Å². The number of carboxylic acid groups (broad SMARTS) is 1. The first-order valence-corrected chi connectivity index (χ1v) is 8.93. The van der Waals surface area contributed by atoms with E-state index in [1.54, 1.807) is 18.3 Å². The van der Waals surface area contributed by atoms with Gasteiger partial charge < -0.3 is 15.2 Å². The number of ether oxygens (including phenoxy) is 1. The average molecular weight is 362 g/mol. The smallest absolute Gasteiger partial charge is 0.337 e. The molecule has 5 nitrogen and oxygen atoms in total. The molecule has 5 heteroatoms. The van der Waals surface area contributed by atoms with Crippen LogP contribution in [0.4, 0.5) is 11.4 Å². The molecule has 0 atom stereocenters. The van der Waals surface area contributed by atoms with E-state index < -0.39 is 5.97 Å². The second-order valence-electron chi connectivity index (χ2n) is 6.06. The first kappa shape index (κ1) is 18.5. The monoisotopic (exact) mass is 362 g/mol. The fraction of sp³-hybridized carbons (Fsp3) is 0.182. The number of pyridine rings is 1. The summed E-state index contributed by atoms with van der Waals surface area (Å²) in [6.07, 6.45) is 2.49. The second-order valence-corrected chi connectivity index (χ2v) is 6.06. The standard InChI is InChI=1S/C22H22N2O3/c1-3-15-8-10-21(19(12-15)22(25)26)24-17-9-11-20(23-14-17)16-6-5-7-18(13-16)27-4-2/h5-14,24H,3-4H2,1-2H3,(H,25,26). The minimum Gasteiger partial charge on any atom is -0.494 e. The van der Waals surface area contributed by atoms with Gasteiger partial charge in [0.05, 0.1) is 35.4 Å². The van der Waals surface area contributed by atoms with Gasteiger partial charge in [-0.3, -0.25) is 4.98 Å². The molecule has 0 aliphatic rings. The summed E-state index contributed by atoms with van der Waals surface area (Å²) in [7, 11) is 0. The Morgan fingerprint density at radius 1 is 1.11 bits per heavy atom. The molecular weight excluding hydrogens is 340 g/mol. The topological polar surface area (TPSA) is 71.5 Å². The van der Waals surface area contributed by atoms with Crippen LogP contribution in [-0.4, -0.2) is 22.7 Å². The maximum absolute atomic E-state index is 11.5. The molecule has 0 amide bonds. The quantitative estimate of drug-likeness (QED) is 0.608. The van der Waals surface area contributed by atoms with E-state index in [-0.39, 0.29) is 5.56 Å². The Morgan fingerprint density at radius 3 is 2.63 bits per heavy atom. The van der Waals surface area contributed by atoms with E-state index in [0.717, 1.165) is 34.7 Å². The van der Waals surface area contributed by atoms with E-state index in [1.807, 2.05) is 56.3 Å². The zero-order valence-corrected chi connectivity index (χ0v) is 15.4. The SMILES string of the molecule is CCOc1cccc(-c2ccc(Nc3ccc(CC)cc3C(=O)O)cn2)c1. The van der Waals surface area contributed by atoms with Crippen LogP contribution in [-0.2, 0) is 6.42 Å². The van der Waals surface area contributed by atoms with Gasteiger partial charge in [-0.1, -0.05) is 25.1 Å². The zero-order valence-electron chi connectivity index (χ0n) is 15.4. The summed E-state index contributed by atoms with van der Waals surface area (Å²) in [6.45, 7) is 4.56. The molecule has 138 valence electrons. The molecule has 0 saturated carbocycles. The number of aromatic carboxylic acids is 1. The van der Waals surface area contributed by atoms with Crippen LogP contribution in [0.2, 0.25) is 0 Å². The van der Waals surface area contributed by atoms with E-state index in [2.05, 4.69) is 10.3 Å². The molecule has 1 heterocycles. The van der Waals surface area contributed by atoms with E-state index in [4.69, 9.17) is 4.74 Å². The molecular formula is C22H22N2O3. The molecule has 0 fully saturated rings. The van der Waals surface area contributed by atoms with Crippen LogP contribution < -0.4 is 10.1 Å². The summed E-state index contributed by atoms with van der Waals surface area (Å²) in [5.41, 5.74) is 4.30. The molecule has 3 aromatic rings. The number of carboxylic acids is 1. The molecule has 0 saturated heterocycles. The molecule has 27 heavy (non-hydrogen) atoms. The molecule has 0 unspecified atom stereocenters. The van der Waals surface area contributed by atoms with Gasteiger partial charge in [-0.15, -0.1) is 0 Å². The van der Waals surface area contributed by atoms with Crippen molar-refractivity contribution < 1.29 is 14.6 Å². The van der Waals surface area contributed by atoms with Crippen LogP contribution in [0.3, 0.4) is 0 Å². The lowest BCUT2D eigenvalue weighted by atomic mass is 10.1. The fourth-order valence-electron chi connectivity index (χ4n) is 2.80. The zero-order chi connectivity index (χ0) is 19.2. The van der Waals surface area contributed by atoms with Crippen molar-refractivity contribution in [3.63, 3.8) is 0 Å². The van der Waals surface area contributed by atoms with Crippen molar-refractivity contribution in [1.29, 1.82) is 0 Å². The third kappa shape index (κ3) is 4.44. The first-order valence-electron chi connectivity index (χ1n) is 8.93. The van der Waals surface area contributed by atoms with Crippen molar-refractivity contribution >= 4 is 17.3 Å². The van der Waals surface area contributed by atoms with Crippen LogP contribution in [0.25, 0.3) is 11.3 Å². The van der Waals surface area contributed by atoms with Gasteiger partial charge in [0.2, 0.25) is 0 Å². The molecule has 0 radical (unpaired) electrons. The normalized spacial score (nSPS) is 10.4. The summed E-state index contributed by atoms with van der Waals surface area (Å²) in [4.78, 5) is 16.0. The molecule has 0 aliphatic carbocycles. The van der Waals surface area contributed by atoms with Gasteiger partial charge in [-0.2, -0.15) is 0 Å². The summed E-state index contributed by atoms with van der Waals surface area (Å²) < 4.78 is 5.53. The molecule has 2 aromatic carbocycles. The molecule has 2 N–H and O–H groups in total. The van der Waals surface area contributed by atoms with Crippen LogP contribution >= 0.6 is 0 Å². The highest BCUT2D eigenvalue weighted by molar-refractivity contribution is 5.95. The van der Waals surface area contributed by atoms with Crippen molar-refractivity contribution in [2.75, 3.05) is 11.9 Å². The van der Waals surface area contributed by atoms with Gasteiger partial charge in [0, 0.05) is 5.56 Å². The number of benzene rings is 2. The van der Waals surface area contributed by atoms with E-state index in [1.165, 1.54) is 0 Å². The van der Waals surface area contributed by atoms with E-state index >= 15 is 0 Å². The Bertz CT molecular complexity index is 937. The second kappa shape index (κ2) is 8.36. The number of rotatable bonds is 7. The Kier molecular flexibility index (Phi) is 5.71. The summed E-state index contributed by atoms with van der Waals surface area (Å²) in [6, 6.07) is 17.0. The lowest BCUT2D eigenvalue weighted by Crippen LogP contribution is -2.04. The number of nitrogens with zero attached hydrogens (tertiary/aromatic N) is 1. The van der Waals surface area contributed by atoms with Gasteiger partial charge in [-0.25, -0.2) is 4.79 Å². The van der Waals surface area contributed by atoms with Crippen molar-refractivity contribution in [3.8, 4) is 17.0 Å². The Morgan fingerprint density at radius 2 is 1.96 bits per heavy atom. The number of anilines is 2. The number of aryl methyl sites for hydroxylation is 1. The molecule has 0 spiro atoms. The predicted molar refractivity (Wildman–Crippen MR) is 107 cm³/mol. The summed E-state index contributed by atoms with van der Waals surface area (Å²) in [5, 5.41) is 12.6. The maximum Gasteiger partial charge on any atom is 0.337 e. The molecule has 1 aromatic heterocycles. The van der Waals surface area contributed by atoms with Crippen molar-refractivity contribution in [2.45, 2.75) is 20.3 Å². The van der Waals surface area contributed by atoms with Gasteiger partial charge in [0.15, 0.2) is 0 Å². The number of carbonyl (C=O) groups is 1. The highest BCUT2D eigenvalue weighted by Crippen LogP contribution is 2.26. The van der Waals surface area contributed by atoms with Crippen LogP contribution in [0.15, 0.2) is 60.8 Å². The van der Waals surface area contributed by atoms with Crippen molar-refractivity contribution in [2.24, 2.45) is 0 Å². The molecule has 3 rings (SSSR count). The van der Waals surface area contributed by atoms with Crippen molar-refractivity contribution in [1.82, 2.24) is 4.98 Å². The Balaban J connectivity index is 1.82. The predicted octanol–water partition coefficient (Wildman–Crippen LogP) is 5.15.